The van der Waals surface area contributed by atoms with E-state index in [2.05, 4.69) is 10.2 Å². The maximum absolute atomic E-state index is 10.9. The Morgan fingerprint density at radius 1 is 1.15 bits per heavy atom. The molecule has 0 heterocycles. The predicted octanol–water partition coefficient (Wildman–Crippen LogP) is 4.44. The minimum atomic E-state index is -0.521. The van der Waals surface area contributed by atoms with Crippen molar-refractivity contribution in [1.82, 2.24) is 0 Å². The number of hydrogen-bond acceptors (Lipinski definition) is 6. The van der Waals surface area contributed by atoms with Crippen LogP contribution in [0, 0.1) is 10.1 Å². The number of nitro groups is 1. The number of aromatic hydroxyl groups is 1. The largest absolute Gasteiger partial charge is 0.506 e. The first-order chi connectivity index (χ1) is 9.61. The van der Waals surface area contributed by atoms with Gasteiger partial charge in [-0.2, -0.15) is 0 Å². The second-order valence-corrected chi connectivity index (χ2v) is 4.68. The summed E-state index contributed by atoms with van der Waals surface area (Å²) >= 11 is 1.50. The van der Waals surface area contributed by atoms with Crippen molar-refractivity contribution >= 4 is 28.8 Å². The van der Waals surface area contributed by atoms with Gasteiger partial charge in [-0.15, -0.1) is 22.0 Å². The van der Waals surface area contributed by atoms with Gasteiger partial charge in [0, 0.05) is 11.0 Å². The van der Waals surface area contributed by atoms with Crippen LogP contribution >= 0.6 is 11.8 Å². The standard InChI is InChI=1S/C13H11N3O3S/c1-20-9-6-7-13(17)11(8-9)15-14-10-4-2-3-5-12(10)16(18)19/h2-8,17H,1H3. The Morgan fingerprint density at radius 2 is 1.85 bits per heavy atom. The van der Waals surface area contributed by atoms with Gasteiger partial charge in [-0.25, -0.2) is 0 Å². The summed E-state index contributed by atoms with van der Waals surface area (Å²) in [6.07, 6.45) is 1.90. The Bertz CT molecular complexity index is 674. The summed E-state index contributed by atoms with van der Waals surface area (Å²) < 4.78 is 0. The summed E-state index contributed by atoms with van der Waals surface area (Å²) in [6.45, 7) is 0. The van der Waals surface area contributed by atoms with Gasteiger partial charge in [-0.05, 0) is 30.5 Å². The van der Waals surface area contributed by atoms with Gasteiger partial charge >= 0.3 is 0 Å². The Kier molecular flexibility index (Phi) is 4.31. The Labute approximate surface area is 119 Å². The first-order valence-electron chi connectivity index (χ1n) is 5.64. The molecule has 0 aromatic heterocycles. The van der Waals surface area contributed by atoms with Gasteiger partial charge in [0.2, 0.25) is 0 Å². The molecule has 7 heteroatoms. The highest BCUT2D eigenvalue weighted by molar-refractivity contribution is 7.98. The summed E-state index contributed by atoms with van der Waals surface area (Å²) in [4.78, 5) is 11.2. The summed E-state index contributed by atoms with van der Waals surface area (Å²) in [5, 5.41) is 28.3. The van der Waals surface area contributed by atoms with Crippen molar-refractivity contribution < 1.29 is 10.0 Å². The minimum Gasteiger partial charge on any atom is -0.506 e. The molecule has 0 saturated carbocycles. The van der Waals surface area contributed by atoms with Crippen molar-refractivity contribution in [1.29, 1.82) is 0 Å². The van der Waals surface area contributed by atoms with Gasteiger partial charge < -0.3 is 5.11 Å². The number of azo groups is 1. The molecule has 0 aliphatic heterocycles. The zero-order valence-corrected chi connectivity index (χ0v) is 11.4. The molecule has 2 aromatic rings. The number of phenols is 1. The molecule has 0 bridgehead atoms. The van der Waals surface area contributed by atoms with Crippen LogP contribution in [0.25, 0.3) is 0 Å². The average molecular weight is 289 g/mol. The van der Waals surface area contributed by atoms with Gasteiger partial charge in [0.25, 0.3) is 5.69 Å². The van der Waals surface area contributed by atoms with E-state index in [0.29, 0.717) is 0 Å². The van der Waals surface area contributed by atoms with E-state index in [9.17, 15) is 15.2 Å². The van der Waals surface area contributed by atoms with Crippen molar-refractivity contribution in [3.63, 3.8) is 0 Å². The van der Waals surface area contributed by atoms with E-state index in [-0.39, 0.29) is 22.8 Å². The fourth-order valence-corrected chi connectivity index (χ4v) is 1.95. The van der Waals surface area contributed by atoms with Crippen molar-refractivity contribution in [3.05, 3.63) is 52.6 Å². The number of rotatable bonds is 4. The van der Waals surface area contributed by atoms with Crippen LogP contribution in [0.15, 0.2) is 57.6 Å². The minimum absolute atomic E-state index is 0.0230. The van der Waals surface area contributed by atoms with E-state index in [4.69, 9.17) is 0 Å². The van der Waals surface area contributed by atoms with E-state index in [0.717, 1.165) is 4.90 Å². The molecule has 6 nitrogen and oxygen atoms in total. The number of nitrogens with zero attached hydrogens (tertiary/aromatic N) is 3. The molecular weight excluding hydrogens is 278 g/mol. The van der Waals surface area contributed by atoms with Crippen LogP contribution in [-0.2, 0) is 0 Å². The Morgan fingerprint density at radius 3 is 2.55 bits per heavy atom. The number of hydrogen-bond donors (Lipinski definition) is 1. The quantitative estimate of drug-likeness (QED) is 0.390. The molecule has 0 saturated heterocycles. The maximum Gasteiger partial charge on any atom is 0.296 e. The molecule has 0 radical (unpaired) electrons. The first kappa shape index (κ1) is 14.0. The lowest BCUT2D eigenvalue weighted by atomic mass is 10.3. The van der Waals surface area contributed by atoms with Crippen LogP contribution in [-0.4, -0.2) is 16.3 Å². The van der Waals surface area contributed by atoms with E-state index < -0.39 is 4.92 Å². The number of nitro benzene ring substituents is 1. The van der Waals surface area contributed by atoms with Gasteiger partial charge in [-0.1, -0.05) is 12.1 Å². The average Bonchev–Trinajstić information content (AvgIpc) is 2.46. The van der Waals surface area contributed by atoms with Crippen molar-refractivity contribution in [2.75, 3.05) is 6.26 Å². The second-order valence-electron chi connectivity index (χ2n) is 3.80. The zero-order valence-electron chi connectivity index (χ0n) is 10.6. The zero-order chi connectivity index (χ0) is 14.5. The monoisotopic (exact) mass is 289 g/mol. The van der Waals surface area contributed by atoms with Crippen LogP contribution < -0.4 is 0 Å². The number of para-hydroxylation sites is 1. The highest BCUT2D eigenvalue weighted by atomic mass is 32.2. The molecule has 2 aromatic carbocycles. The number of thioether (sulfide) groups is 1. The highest BCUT2D eigenvalue weighted by Gasteiger charge is 2.11. The summed E-state index contributed by atoms with van der Waals surface area (Å²) in [7, 11) is 0. The van der Waals surface area contributed by atoms with Gasteiger partial charge in [-0.3, -0.25) is 10.1 Å². The number of phenolic OH excluding ortho intramolecular Hbond substituents is 1. The topological polar surface area (TPSA) is 88.1 Å². The van der Waals surface area contributed by atoms with E-state index in [1.165, 1.54) is 30.0 Å². The van der Waals surface area contributed by atoms with Gasteiger partial charge in [0.15, 0.2) is 5.69 Å². The van der Waals surface area contributed by atoms with Crippen LogP contribution in [0.3, 0.4) is 0 Å². The molecule has 0 unspecified atom stereocenters. The molecule has 0 aliphatic rings. The van der Waals surface area contributed by atoms with Crippen LogP contribution in [0.5, 0.6) is 5.75 Å². The smallest absolute Gasteiger partial charge is 0.296 e. The molecular formula is C13H11N3O3S. The lowest BCUT2D eigenvalue weighted by molar-refractivity contribution is -0.384. The van der Waals surface area contributed by atoms with Crippen LogP contribution in [0.1, 0.15) is 0 Å². The van der Waals surface area contributed by atoms with E-state index >= 15 is 0 Å². The lowest BCUT2D eigenvalue weighted by Gasteiger charge is -2.01. The Balaban J connectivity index is 2.37. The third kappa shape index (κ3) is 3.12. The van der Waals surface area contributed by atoms with Gasteiger partial charge in [0.1, 0.15) is 11.4 Å². The lowest BCUT2D eigenvalue weighted by Crippen LogP contribution is -1.87. The van der Waals surface area contributed by atoms with Crippen molar-refractivity contribution in [2.24, 2.45) is 10.2 Å². The summed E-state index contributed by atoms with van der Waals surface area (Å²) in [6, 6.07) is 11.0. The summed E-state index contributed by atoms with van der Waals surface area (Å²) in [5.74, 6) is -0.0230. The van der Waals surface area contributed by atoms with Crippen molar-refractivity contribution in [2.45, 2.75) is 4.90 Å². The predicted molar refractivity (Wildman–Crippen MR) is 77.2 cm³/mol. The van der Waals surface area contributed by atoms with E-state index in [1.807, 2.05) is 6.26 Å². The molecule has 0 aliphatic carbocycles. The third-order valence-electron chi connectivity index (χ3n) is 2.53. The van der Waals surface area contributed by atoms with Crippen LogP contribution in [0.4, 0.5) is 17.1 Å². The number of benzene rings is 2. The molecule has 1 N–H and O–H groups in total. The van der Waals surface area contributed by atoms with E-state index in [1.54, 1.807) is 24.3 Å². The molecule has 0 amide bonds. The Hall–Kier alpha value is -2.41. The summed E-state index contributed by atoms with van der Waals surface area (Å²) in [5.41, 5.74) is 0.290. The SMILES string of the molecule is CSc1ccc(O)c(N=Nc2ccccc2[N+](=O)[O-])c1. The molecule has 0 fully saturated rings. The van der Waals surface area contributed by atoms with Crippen LogP contribution in [0.2, 0.25) is 0 Å². The van der Waals surface area contributed by atoms with Gasteiger partial charge in [0.05, 0.1) is 4.92 Å². The molecule has 2 rings (SSSR count). The third-order valence-corrected chi connectivity index (χ3v) is 3.25. The van der Waals surface area contributed by atoms with Crippen molar-refractivity contribution in [3.8, 4) is 5.75 Å². The fourth-order valence-electron chi connectivity index (χ4n) is 1.52. The highest BCUT2D eigenvalue weighted by Crippen LogP contribution is 2.33. The normalized spacial score (nSPS) is 10.8. The molecule has 102 valence electrons. The second kappa shape index (κ2) is 6.16. The fraction of sp³-hybridized carbons (Fsp3) is 0.0769. The first-order valence-corrected chi connectivity index (χ1v) is 6.86. The molecule has 0 spiro atoms. The molecule has 20 heavy (non-hydrogen) atoms. The molecule has 0 atom stereocenters. The maximum atomic E-state index is 10.9.